The van der Waals surface area contributed by atoms with Crippen molar-refractivity contribution in [1.82, 2.24) is 5.32 Å². The Morgan fingerprint density at radius 1 is 1.50 bits per heavy atom. The summed E-state index contributed by atoms with van der Waals surface area (Å²) in [6.45, 7) is 6.28. The molecule has 0 saturated carbocycles. The quantitative estimate of drug-likeness (QED) is 0.520. The van der Waals surface area contributed by atoms with E-state index < -0.39 is 12.3 Å². The Hall–Kier alpha value is -1.26. The minimum Gasteiger partial charge on any atom is -0.470 e. The van der Waals surface area contributed by atoms with Crippen LogP contribution < -0.4 is 15.8 Å². The van der Waals surface area contributed by atoms with Gasteiger partial charge in [-0.2, -0.15) is 0 Å². The lowest BCUT2D eigenvalue weighted by atomic mass is 10.2. The molecule has 0 aromatic heterocycles. The lowest BCUT2D eigenvalue weighted by Gasteiger charge is -2.23. The molecule has 0 aliphatic rings. The topological polar surface area (TPSA) is 67.5 Å². The lowest BCUT2D eigenvalue weighted by Crippen LogP contribution is -2.43. The largest absolute Gasteiger partial charge is 0.470 e. The maximum absolute atomic E-state index is 9.54. The van der Waals surface area contributed by atoms with Crippen LogP contribution in [0.4, 0.5) is 5.69 Å². The molecule has 0 bridgehead atoms. The van der Waals surface area contributed by atoms with E-state index >= 15 is 0 Å². The van der Waals surface area contributed by atoms with Crippen molar-refractivity contribution in [1.29, 1.82) is 0 Å². The molecular weight excluding hydrogens is 204 g/mol. The third-order valence-corrected chi connectivity index (χ3v) is 2.38. The minimum atomic E-state index is -0.597. The van der Waals surface area contributed by atoms with Crippen molar-refractivity contribution in [2.24, 2.45) is 0 Å². The molecule has 90 valence electrons. The van der Waals surface area contributed by atoms with Gasteiger partial charge < -0.3 is 15.6 Å². The number of rotatable bonds is 5. The van der Waals surface area contributed by atoms with E-state index in [2.05, 4.69) is 5.32 Å². The maximum Gasteiger partial charge on any atom is 0.176 e. The van der Waals surface area contributed by atoms with Gasteiger partial charge in [0, 0.05) is 0 Å². The predicted molar refractivity (Wildman–Crippen MR) is 65.4 cm³/mol. The van der Waals surface area contributed by atoms with Gasteiger partial charge in [-0.25, -0.2) is 0 Å². The Labute approximate surface area is 96.4 Å². The van der Waals surface area contributed by atoms with E-state index in [1.165, 1.54) is 0 Å². The molecule has 4 N–H and O–H groups in total. The number of benzene rings is 1. The summed E-state index contributed by atoms with van der Waals surface area (Å²) in [6.07, 6.45) is -1.03. The van der Waals surface area contributed by atoms with Gasteiger partial charge in [-0.3, -0.25) is 5.32 Å². The summed E-state index contributed by atoms with van der Waals surface area (Å²) < 4.78 is 5.64. The van der Waals surface area contributed by atoms with Crippen LogP contribution >= 0.6 is 0 Å². The molecule has 0 aliphatic heterocycles. The molecule has 0 fully saturated rings. The van der Waals surface area contributed by atoms with Gasteiger partial charge in [0.15, 0.2) is 6.23 Å². The van der Waals surface area contributed by atoms with Crippen LogP contribution in [0.1, 0.15) is 19.4 Å². The molecule has 1 aromatic rings. The minimum absolute atomic E-state index is 0.436. The monoisotopic (exact) mass is 224 g/mol. The van der Waals surface area contributed by atoms with E-state index in [-0.39, 0.29) is 0 Å². The molecule has 1 aromatic carbocycles. The smallest absolute Gasteiger partial charge is 0.176 e. The van der Waals surface area contributed by atoms with Crippen molar-refractivity contribution in [3.05, 3.63) is 23.8 Å². The Morgan fingerprint density at radius 2 is 2.19 bits per heavy atom. The molecule has 2 atom stereocenters. The van der Waals surface area contributed by atoms with Crippen molar-refractivity contribution >= 4 is 5.69 Å². The van der Waals surface area contributed by atoms with Gasteiger partial charge in [-0.15, -0.1) is 0 Å². The molecule has 4 heteroatoms. The molecular formula is C12H20N2O2. The van der Waals surface area contributed by atoms with E-state index in [1.54, 1.807) is 13.0 Å². The van der Waals surface area contributed by atoms with Gasteiger partial charge >= 0.3 is 0 Å². The third kappa shape index (κ3) is 3.12. The summed E-state index contributed by atoms with van der Waals surface area (Å²) in [5, 5.41) is 12.6. The summed E-state index contributed by atoms with van der Waals surface area (Å²) in [4.78, 5) is 0. The molecule has 0 spiro atoms. The molecule has 0 amide bonds. The van der Waals surface area contributed by atoms with Crippen LogP contribution in [0.2, 0.25) is 0 Å². The zero-order chi connectivity index (χ0) is 12.1. The van der Waals surface area contributed by atoms with Gasteiger partial charge in [0.2, 0.25) is 0 Å². The van der Waals surface area contributed by atoms with Crippen molar-refractivity contribution in [2.45, 2.75) is 33.1 Å². The average molecular weight is 224 g/mol. The summed E-state index contributed by atoms with van der Waals surface area (Å²) in [6, 6.07) is 5.61. The number of hydrogen-bond donors (Lipinski definition) is 3. The number of nitrogen functional groups attached to an aromatic ring is 1. The average Bonchev–Trinajstić information content (AvgIpc) is 2.23. The highest BCUT2D eigenvalue weighted by atomic mass is 16.5. The first-order valence-electron chi connectivity index (χ1n) is 5.49. The second kappa shape index (κ2) is 5.72. The van der Waals surface area contributed by atoms with Gasteiger partial charge in [-0.1, -0.05) is 19.1 Å². The van der Waals surface area contributed by atoms with Crippen molar-refractivity contribution in [3.63, 3.8) is 0 Å². The van der Waals surface area contributed by atoms with E-state index in [4.69, 9.17) is 10.5 Å². The Bertz CT molecular complexity index is 340. The number of nitrogens with one attached hydrogen (secondary N) is 1. The normalized spacial score (nSPS) is 14.5. The fourth-order valence-electron chi connectivity index (χ4n) is 1.41. The number of hydrogen-bond acceptors (Lipinski definition) is 4. The van der Waals surface area contributed by atoms with Crippen LogP contribution in [0, 0.1) is 6.92 Å². The van der Waals surface area contributed by atoms with Crippen molar-refractivity contribution in [3.8, 4) is 5.75 Å². The zero-order valence-corrected chi connectivity index (χ0v) is 10.0. The van der Waals surface area contributed by atoms with E-state index in [9.17, 15) is 5.11 Å². The van der Waals surface area contributed by atoms with E-state index in [1.807, 2.05) is 26.0 Å². The second-order valence-corrected chi connectivity index (χ2v) is 3.82. The fraction of sp³-hybridized carbons (Fsp3) is 0.500. The summed E-state index contributed by atoms with van der Waals surface area (Å²) in [5.41, 5.74) is 7.48. The molecule has 0 heterocycles. The molecule has 16 heavy (non-hydrogen) atoms. The summed E-state index contributed by atoms with van der Waals surface area (Å²) >= 11 is 0. The van der Waals surface area contributed by atoms with Gasteiger partial charge in [0.1, 0.15) is 11.9 Å². The number of para-hydroxylation sites is 1. The predicted octanol–water partition coefficient (Wildman–Crippen LogP) is 1.27. The van der Waals surface area contributed by atoms with Gasteiger partial charge in [-0.05, 0) is 32.0 Å². The molecule has 0 radical (unpaired) electrons. The van der Waals surface area contributed by atoms with Crippen LogP contribution in [0.3, 0.4) is 0 Å². The van der Waals surface area contributed by atoms with Crippen LogP contribution in [0.5, 0.6) is 5.75 Å². The Morgan fingerprint density at radius 3 is 2.75 bits per heavy atom. The summed E-state index contributed by atoms with van der Waals surface area (Å²) in [5.74, 6) is 0.604. The number of anilines is 1. The zero-order valence-electron chi connectivity index (χ0n) is 10.0. The molecule has 0 saturated heterocycles. The molecule has 1 rings (SSSR count). The molecule has 4 nitrogen and oxygen atoms in total. The van der Waals surface area contributed by atoms with Crippen molar-refractivity contribution in [2.75, 3.05) is 12.3 Å². The van der Waals surface area contributed by atoms with Crippen LogP contribution in [0.15, 0.2) is 18.2 Å². The van der Waals surface area contributed by atoms with Crippen LogP contribution in [-0.2, 0) is 0 Å². The van der Waals surface area contributed by atoms with Crippen LogP contribution in [-0.4, -0.2) is 24.0 Å². The lowest BCUT2D eigenvalue weighted by molar-refractivity contribution is 0.0286. The first kappa shape index (κ1) is 12.8. The standard InChI is InChI=1S/C12H20N2O2/c1-4-14-12(9(3)15)16-10-7-5-6-8(2)11(10)13/h5-7,9,12,14-15H,4,13H2,1-3H3. The highest BCUT2D eigenvalue weighted by Gasteiger charge is 2.16. The first-order chi connectivity index (χ1) is 7.56. The number of likely N-dealkylation sites (N-methyl/N-ethyl adjacent to an activating group) is 1. The highest BCUT2D eigenvalue weighted by molar-refractivity contribution is 5.57. The second-order valence-electron chi connectivity index (χ2n) is 3.82. The fourth-order valence-corrected chi connectivity index (χ4v) is 1.41. The molecule has 2 unspecified atom stereocenters. The number of nitrogens with two attached hydrogens (primary N) is 1. The number of ether oxygens (including phenoxy) is 1. The number of aliphatic hydroxyl groups is 1. The Balaban J connectivity index is 2.81. The highest BCUT2D eigenvalue weighted by Crippen LogP contribution is 2.25. The van der Waals surface area contributed by atoms with Crippen molar-refractivity contribution < 1.29 is 9.84 Å². The van der Waals surface area contributed by atoms with E-state index in [0.717, 1.165) is 12.1 Å². The SMILES string of the molecule is CCNC(Oc1cccc(C)c1N)C(C)O. The third-order valence-electron chi connectivity index (χ3n) is 2.38. The van der Waals surface area contributed by atoms with Crippen LogP contribution in [0.25, 0.3) is 0 Å². The summed E-state index contributed by atoms with van der Waals surface area (Å²) in [7, 11) is 0. The number of aryl methyl sites for hydroxylation is 1. The number of aliphatic hydroxyl groups excluding tert-OH is 1. The van der Waals surface area contributed by atoms with Gasteiger partial charge in [0.25, 0.3) is 0 Å². The van der Waals surface area contributed by atoms with E-state index in [0.29, 0.717) is 11.4 Å². The first-order valence-corrected chi connectivity index (χ1v) is 5.49. The maximum atomic E-state index is 9.54. The van der Waals surface area contributed by atoms with Gasteiger partial charge in [0.05, 0.1) is 5.69 Å². The Kier molecular flexibility index (Phi) is 4.58. The molecule has 0 aliphatic carbocycles.